The molecule has 0 amide bonds. The van der Waals surface area contributed by atoms with Crippen molar-refractivity contribution in [1.82, 2.24) is 9.97 Å². The number of benzene rings is 1. The van der Waals surface area contributed by atoms with E-state index >= 15 is 0 Å². The molecule has 4 nitrogen and oxygen atoms in total. The van der Waals surface area contributed by atoms with Crippen LogP contribution in [0.15, 0.2) is 30.5 Å². The van der Waals surface area contributed by atoms with Gasteiger partial charge in [0, 0.05) is 18.1 Å². The monoisotopic (exact) mass is 217 g/mol. The number of hydrogen-bond acceptors (Lipinski definition) is 4. The van der Waals surface area contributed by atoms with Gasteiger partial charge in [-0.15, -0.1) is 0 Å². The molecule has 0 atom stereocenters. The minimum Gasteiger partial charge on any atom is -0.389 e. The van der Waals surface area contributed by atoms with Crippen LogP contribution in [0.25, 0.3) is 10.9 Å². The van der Waals surface area contributed by atoms with Crippen LogP contribution in [-0.4, -0.2) is 27.2 Å². The Morgan fingerprint density at radius 3 is 2.81 bits per heavy atom. The molecule has 0 aliphatic carbocycles. The number of nitrogens with zero attached hydrogens (tertiary/aromatic N) is 2. The van der Waals surface area contributed by atoms with Gasteiger partial charge in [0.2, 0.25) is 5.95 Å². The predicted molar refractivity (Wildman–Crippen MR) is 64.3 cm³/mol. The quantitative estimate of drug-likeness (QED) is 0.823. The highest BCUT2D eigenvalue weighted by Crippen LogP contribution is 2.12. The molecule has 0 fully saturated rings. The Morgan fingerprint density at radius 2 is 2.06 bits per heavy atom. The molecule has 84 valence electrons. The Balaban J connectivity index is 2.20. The van der Waals surface area contributed by atoms with E-state index in [1.54, 1.807) is 20.0 Å². The molecule has 0 bridgehead atoms. The highest BCUT2D eigenvalue weighted by atomic mass is 16.3. The SMILES string of the molecule is CC(C)(O)CNc1ncc2ccccc2n1. The van der Waals surface area contributed by atoms with Gasteiger partial charge in [0.25, 0.3) is 0 Å². The number of nitrogens with one attached hydrogen (secondary N) is 1. The van der Waals surface area contributed by atoms with E-state index < -0.39 is 5.60 Å². The third-order valence-electron chi connectivity index (χ3n) is 2.17. The summed E-state index contributed by atoms with van der Waals surface area (Å²) in [5.41, 5.74) is 0.130. The normalized spacial score (nSPS) is 11.7. The van der Waals surface area contributed by atoms with E-state index in [1.807, 2.05) is 24.3 Å². The second kappa shape index (κ2) is 4.06. The molecule has 0 aliphatic rings. The van der Waals surface area contributed by atoms with Crippen molar-refractivity contribution in [2.24, 2.45) is 0 Å². The summed E-state index contributed by atoms with van der Waals surface area (Å²) in [4.78, 5) is 8.52. The molecular weight excluding hydrogens is 202 g/mol. The number of rotatable bonds is 3. The molecule has 2 N–H and O–H groups in total. The van der Waals surface area contributed by atoms with Crippen LogP contribution in [0.1, 0.15) is 13.8 Å². The lowest BCUT2D eigenvalue weighted by atomic mass is 10.1. The van der Waals surface area contributed by atoms with Gasteiger partial charge in [-0.3, -0.25) is 0 Å². The van der Waals surface area contributed by atoms with Crippen LogP contribution in [0.4, 0.5) is 5.95 Å². The van der Waals surface area contributed by atoms with Crippen molar-refractivity contribution in [3.63, 3.8) is 0 Å². The Hall–Kier alpha value is -1.68. The Kier molecular flexibility index (Phi) is 2.75. The summed E-state index contributed by atoms with van der Waals surface area (Å²) >= 11 is 0. The van der Waals surface area contributed by atoms with Gasteiger partial charge in [-0.1, -0.05) is 18.2 Å². The van der Waals surface area contributed by atoms with E-state index in [-0.39, 0.29) is 0 Å². The summed E-state index contributed by atoms with van der Waals surface area (Å²) in [6.07, 6.45) is 1.77. The summed E-state index contributed by atoms with van der Waals surface area (Å²) in [5, 5.41) is 13.6. The molecule has 1 heterocycles. The van der Waals surface area contributed by atoms with Gasteiger partial charge in [0.1, 0.15) is 0 Å². The minimum atomic E-state index is -0.769. The Bertz CT molecular complexity index is 491. The smallest absolute Gasteiger partial charge is 0.223 e. The van der Waals surface area contributed by atoms with Gasteiger partial charge in [-0.25, -0.2) is 9.97 Å². The second-order valence-corrected chi connectivity index (χ2v) is 4.42. The first-order valence-electron chi connectivity index (χ1n) is 5.23. The number of aliphatic hydroxyl groups is 1. The summed E-state index contributed by atoms with van der Waals surface area (Å²) in [6, 6.07) is 7.80. The van der Waals surface area contributed by atoms with E-state index in [0.29, 0.717) is 12.5 Å². The van der Waals surface area contributed by atoms with Crippen LogP contribution >= 0.6 is 0 Å². The summed E-state index contributed by atoms with van der Waals surface area (Å²) in [5.74, 6) is 0.542. The third kappa shape index (κ3) is 2.67. The lowest BCUT2D eigenvalue weighted by Crippen LogP contribution is -2.29. The van der Waals surface area contributed by atoms with Crippen LogP contribution in [0.3, 0.4) is 0 Å². The zero-order valence-corrected chi connectivity index (χ0v) is 9.44. The maximum absolute atomic E-state index is 9.57. The zero-order chi connectivity index (χ0) is 11.6. The predicted octanol–water partition coefficient (Wildman–Crippen LogP) is 1.81. The molecule has 16 heavy (non-hydrogen) atoms. The largest absolute Gasteiger partial charge is 0.389 e. The van der Waals surface area contributed by atoms with Crippen molar-refractivity contribution in [2.45, 2.75) is 19.4 Å². The molecule has 0 saturated heterocycles. The van der Waals surface area contributed by atoms with E-state index in [2.05, 4.69) is 15.3 Å². The Morgan fingerprint density at radius 1 is 1.31 bits per heavy atom. The van der Waals surface area contributed by atoms with Gasteiger partial charge in [-0.05, 0) is 19.9 Å². The van der Waals surface area contributed by atoms with Crippen molar-refractivity contribution < 1.29 is 5.11 Å². The van der Waals surface area contributed by atoms with E-state index in [0.717, 1.165) is 10.9 Å². The van der Waals surface area contributed by atoms with E-state index in [9.17, 15) is 5.11 Å². The molecule has 1 aromatic heterocycles. The standard InChI is InChI=1S/C12H15N3O/c1-12(2,16)8-14-11-13-7-9-5-3-4-6-10(9)15-11/h3-7,16H,8H2,1-2H3,(H,13,14,15). The number of hydrogen-bond donors (Lipinski definition) is 2. The minimum absolute atomic E-state index is 0.422. The lowest BCUT2D eigenvalue weighted by Gasteiger charge is -2.17. The summed E-state index contributed by atoms with van der Waals surface area (Å²) in [6.45, 7) is 3.90. The molecule has 0 spiro atoms. The molecule has 2 aromatic rings. The maximum atomic E-state index is 9.57. The average Bonchev–Trinajstić information content (AvgIpc) is 2.25. The molecule has 0 radical (unpaired) electrons. The topological polar surface area (TPSA) is 58.0 Å². The first kappa shape index (κ1) is 10.8. The number of fused-ring (bicyclic) bond motifs is 1. The number of aromatic nitrogens is 2. The van der Waals surface area contributed by atoms with Crippen LogP contribution in [0.5, 0.6) is 0 Å². The summed E-state index contributed by atoms with van der Waals surface area (Å²) < 4.78 is 0. The summed E-state index contributed by atoms with van der Waals surface area (Å²) in [7, 11) is 0. The van der Waals surface area contributed by atoms with Crippen molar-refractivity contribution in [2.75, 3.05) is 11.9 Å². The van der Waals surface area contributed by atoms with Crippen LogP contribution in [-0.2, 0) is 0 Å². The van der Waals surface area contributed by atoms with Gasteiger partial charge < -0.3 is 10.4 Å². The fourth-order valence-corrected chi connectivity index (χ4v) is 1.35. The number of anilines is 1. The fraction of sp³-hybridized carbons (Fsp3) is 0.333. The molecule has 2 rings (SSSR count). The van der Waals surface area contributed by atoms with Crippen molar-refractivity contribution in [3.05, 3.63) is 30.5 Å². The molecular formula is C12H15N3O. The molecule has 0 aliphatic heterocycles. The maximum Gasteiger partial charge on any atom is 0.223 e. The molecule has 4 heteroatoms. The van der Waals surface area contributed by atoms with Crippen molar-refractivity contribution in [3.8, 4) is 0 Å². The Labute approximate surface area is 94.4 Å². The molecule has 0 unspecified atom stereocenters. The van der Waals surface area contributed by atoms with Gasteiger partial charge >= 0.3 is 0 Å². The van der Waals surface area contributed by atoms with Crippen LogP contribution < -0.4 is 5.32 Å². The number of para-hydroxylation sites is 1. The lowest BCUT2D eigenvalue weighted by molar-refractivity contribution is 0.0943. The highest BCUT2D eigenvalue weighted by molar-refractivity contribution is 5.78. The zero-order valence-electron chi connectivity index (χ0n) is 9.44. The first-order valence-corrected chi connectivity index (χ1v) is 5.23. The van der Waals surface area contributed by atoms with E-state index in [1.165, 1.54) is 0 Å². The van der Waals surface area contributed by atoms with E-state index in [4.69, 9.17) is 0 Å². The van der Waals surface area contributed by atoms with Crippen LogP contribution in [0, 0.1) is 0 Å². The fourth-order valence-electron chi connectivity index (χ4n) is 1.35. The van der Waals surface area contributed by atoms with Crippen LogP contribution in [0.2, 0.25) is 0 Å². The van der Waals surface area contributed by atoms with Gasteiger partial charge in [0.15, 0.2) is 0 Å². The molecule has 1 aromatic carbocycles. The average molecular weight is 217 g/mol. The van der Waals surface area contributed by atoms with Crippen molar-refractivity contribution >= 4 is 16.9 Å². The second-order valence-electron chi connectivity index (χ2n) is 4.42. The van der Waals surface area contributed by atoms with Crippen molar-refractivity contribution in [1.29, 1.82) is 0 Å². The third-order valence-corrected chi connectivity index (χ3v) is 2.17. The van der Waals surface area contributed by atoms with Gasteiger partial charge in [-0.2, -0.15) is 0 Å². The highest BCUT2D eigenvalue weighted by Gasteiger charge is 2.12. The molecule has 0 saturated carbocycles. The van der Waals surface area contributed by atoms with Gasteiger partial charge in [0.05, 0.1) is 11.1 Å². The first-order chi connectivity index (χ1) is 7.54.